The summed E-state index contributed by atoms with van der Waals surface area (Å²) in [4.78, 5) is 5.86. The molecule has 27 heavy (non-hydrogen) atoms. The number of halogens is 2. The van der Waals surface area contributed by atoms with Gasteiger partial charge in [-0.25, -0.2) is 17.8 Å². The van der Waals surface area contributed by atoms with Gasteiger partial charge < -0.3 is 9.64 Å². The van der Waals surface area contributed by atoms with Gasteiger partial charge in [-0.3, -0.25) is 4.72 Å². The number of nitriles is 1. The Morgan fingerprint density at radius 3 is 2.78 bits per heavy atom. The summed E-state index contributed by atoms with van der Waals surface area (Å²) in [5.74, 6) is -0.659. The minimum atomic E-state index is -4.06. The predicted molar refractivity (Wildman–Crippen MR) is 103 cm³/mol. The maximum absolute atomic E-state index is 13.5. The van der Waals surface area contributed by atoms with E-state index >= 15 is 0 Å². The Balaban J connectivity index is 2.24. The molecule has 0 aliphatic rings. The lowest BCUT2D eigenvalue weighted by molar-refractivity contribution is 0.274. The first-order chi connectivity index (χ1) is 12.7. The average Bonchev–Trinajstić information content (AvgIpc) is 2.60. The first-order valence-corrected chi connectivity index (χ1v) is 10.2. The van der Waals surface area contributed by atoms with Crippen LogP contribution in [-0.4, -0.2) is 45.5 Å². The van der Waals surface area contributed by atoms with Crippen molar-refractivity contribution < 1.29 is 17.5 Å². The largest absolute Gasteiger partial charge is 0.476 e. The molecule has 0 fully saturated rings. The van der Waals surface area contributed by atoms with Crippen LogP contribution in [0.4, 0.5) is 10.1 Å². The zero-order valence-electron chi connectivity index (χ0n) is 14.7. The third kappa shape index (κ3) is 5.89. The molecule has 0 atom stereocenters. The first kappa shape index (κ1) is 21.1. The van der Waals surface area contributed by atoms with E-state index in [1.807, 2.05) is 19.0 Å². The van der Waals surface area contributed by atoms with Gasteiger partial charge in [-0.2, -0.15) is 5.26 Å². The third-order valence-corrected chi connectivity index (χ3v) is 5.22. The van der Waals surface area contributed by atoms with Crippen molar-refractivity contribution in [1.29, 1.82) is 5.26 Å². The van der Waals surface area contributed by atoms with Crippen molar-refractivity contribution in [2.45, 2.75) is 11.3 Å². The van der Waals surface area contributed by atoms with Crippen molar-refractivity contribution in [3.63, 3.8) is 0 Å². The fourth-order valence-electron chi connectivity index (χ4n) is 2.13. The lowest BCUT2D eigenvalue weighted by Crippen LogP contribution is -2.17. The van der Waals surface area contributed by atoms with Crippen LogP contribution in [-0.2, 0) is 10.0 Å². The monoisotopic (exact) mass is 456 g/mol. The summed E-state index contributed by atoms with van der Waals surface area (Å²) in [5.41, 5.74) is -0.220. The van der Waals surface area contributed by atoms with Gasteiger partial charge in [0.25, 0.3) is 10.0 Å². The van der Waals surface area contributed by atoms with Crippen molar-refractivity contribution in [1.82, 2.24) is 9.88 Å². The van der Waals surface area contributed by atoms with E-state index in [0.717, 1.165) is 31.2 Å². The predicted octanol–water partition coefficient (Wildman–Crippen LogP) is 2.99. The van der Waals surface area contributed by atoms with Crippen LogP contribution in [0.3, 0.4) is 0 Å². The Bertz CT molecular complexity index is 961. The van der Waals surface area contributed by atoms with E-state index in [1.54, 1.807) is 6.07 Å². The van der Waals surface area contributed by atoms with E-state index < -0.39 is 15.8 Å². The summed E-state index contributed by atoms with van der Waals surface area (Å²) in [5, 5.41) is 8.89. The number of nitrogens with zero attached hydrogens (tertiary/aromatic N) is 3. The van der Waals surface area contributed by atoms with Crippen LogP contribution in [0, 0.1) is 17.1 Å². The van der Waals surface area contributed by atoms with E-state index in [2.05, 4.69) is 25.6 Å². The third-order valence-electron chi connectivity index (χ3n) is 3.42. The number of aromatic nitrogens is 1. The lowest BCUT2D eigenvalue weighted by atomic mass is 10.2. The summed E-state index contributed by atoms with van der Waals surface area (Å²) in [6.07, 6.45) is 2.23. The fourth-order valence-corrected chi connectivity index (χ4v) is 3.53. The molecular weight excluding hydrogens is 439 g/mol. The molecule has 0 amide bonds. The van der Waals surface area contributed by atoms with Crippen molar-refractivity contribution >= 4 is 31.6 Å². The maximum Gasteiger partial charge on any atom is 0.262 e. The van der Waals surface area contributed by atoms with Crippen LogP contribution in [0.2, 0.25) is 0 Å². The number of nitrogens with one attached hydrogen (secondary N) is 1. The highest BCUT2D eigenvalue weighted by Crippen LogP contribution is 2.28. The van der Waals surface area contributed by atoms with Crippen LogP contribution in [0.5, 0.6) is 5.88 Å². The topological polar surface area (TPSA) is 95.3 Å². The number of ether oxygens (including phenoxy) is 1. The van der Waals surface area contributed by atoms with Crippen molar-refractivity contribution in [2.75, 3.05) is 32.0 Å². The number of hydrogen-bond donors (Lipinski definition) is 1. The molecular formula is C17H18BrFN4O3S. The number of pyridine rings is 1. The van der Waals surface area contributed by atoms with Gasteiger partial charge in [0.15, 0.2) is 0 Å². The van der Waals surface area contributed by atoms with Gasteiger partial charge in [-0.15, -0.1) is 0 Å². The van der Waals surface area contributed by atoms with Crippen LogP contribution < -0.4 is 9.46 Å². The van der Waals surface area contributed by atoms with E-state index in [-0.39, 0.29) is 22.0 Å². The van der Waals surface area contributed by atoms with Gasteiger partial charge in [-0.05, 0) is 60.7 Å². The molecule has 0 saturated carbocycles. The van der Waals surface area contributed by atoms with E-state index in [9.17, 15) is 12.8 Å². The van der Waals surface area contributed by atoms with Gasteiger partial charge in [-0.1, -0.05) is 0 Å². The van der Waals surface area contributed by atoms with Gasteiger partial charge in [0.05, 0.1) is 17.1 Å². The summed E-state index contributed by atoms with van der Waals surface area (Å²) in [6, 6.07) is 6.13. The molecule has 0 radical (unpaired) electrons. The van der Waals surface area contributed by atoms with Crippen LogP contribution >= 0.6 is 15.9 Å². The zero-order valence-corrected chi connectivity index (χ0v) is 17.1. The molecule has 144 valence electrons. The Morgan fingerprint density at radius 1 is 1.37 bits per heavy atom. The molecule has 1 aromatic heterocycles. The molecule has 0 aliphatic carbocycles. The second-order valence-corrected chi connectivity index (χ2v) is 8.47. The van der Waals surface area contributed by atoms with E-state index in [0.29, 0.717) is 11.1 Å². The molecule has 0 aliphatic heterocycles. The second kappa shape index (κ2) is 9.12. The Hall–Kier alpha value is -2.22. The summed E-state index contributed by atoms with van der Waals surface area (Å²) < 4.78 is 47.2. The second-order valence-electron chi connectivity index (χ2n) is 5.87. The summed E-state index contributed by atoms with van der Waals surface area (Å²) in [6.45, 7) is 1.17. The standard InChI is InChI=1S/C17H18BrFN4O3S/c1-23(2)6-3-7-26-17-16(9-13(18)11-21-17)22-27(24,25)14-4-5-15(19)12(8-14)10-20/h4-5,8-9,11,22H,3,6-7H2,1-2H3. The molecule has 1 heterocycles. The molecule has 0 bridgehead atoms. The molecule has 7 nitrogen and oxygen atoms in total. The summed E-state index contributed by atoms with van der Waals surface area (Å²) >= 11 is 3.24. The summed E-state index contributed by atoms with van der Waals surface area (Å²) in [7, 11) is -0.183. The van der Waals surface area contributed by atoms with Gasteiger partial charge in [0.1, 0.15) is 17.6 Å². The molecule has 2 rings (SSSR count). The molecule has 2 aromatic rings. The van der Waals surface area contributed by atoms with Gasteiger partial charge in [0.2, 0.25) is 5.88 Å². The molecule has 0 unspecified atom stereocenters. The minimum absolute atomic E-state index is 0.128. The van der Waals surface area contributed by atoms with Crippen molar-refractivity contribution in [2.24, 2.45) is 0 Å². The smallest absolute Gasteiger partial charge is 0.262 e. The Kier molecular flexibility index (Phi) is 7.12. The van der Waals surface area contributed by atoms with Crippen LogP contribution in [0.25, 0.3) is 0 Å². The molecule has 0 spiro atoms. The SMILES string of the molecule is CN(C)CCCOc1ncc(Br)cc1NS(=O)(=O)c1ccc(F)c(C#N)c1. The van der Waals surface area contributed by atoms with E-state index in [4.69, 9.17) is 10.00 Å². The van der Waals surface area contributed by atoms with Gasteiger partial charge in [0, 0.05) is 17.2 Å². The highest BCUT2D eigenvalue weighted by molar-refractivity contribution is 9.10. The van der Waals surface area contributed by atoms with Crippen molar-refractivity contribution in [3.8, 4) is 11.9 Å². The normalized spacial score (nSPS) is 11.3. The number of benzene rings is 1. The quantitative estimate of drug-likeness (QED) is 0.613. The average molecular weight is 457 g/mol. The Morgan fingerprint density at radius 2 is 2.11 bits per heavy atom. The Labute approximate surface area is 166 Å². The maximum atomic E-state index is 13.5. The highest BCUT2D eigenvalue weighted by Gasteiger charge is 2.19. The fraction of sp³-hybridized carbons (Fsp3) is 0.294. The minimum Gasteiger partial charge on any atom is -0.476 e. The first-order valence-electron chi connectivity index (χ1n) is 7.88. The molecule has 10 heteroatoms. The molecule has 0 saturated heterocycles. The molecule has 1 aromatic carbocycles. The molecule has 1 N–H and O–H groups in total. The highest BCUT2D eigenvalue weighted by atomic mass is 79.9. The van der Waals surface area contributed by atoms with Gasteiger partial charge >= 0.3 is 0 Å². The number of hydrogen-bond acceptors (Lipinski definition) is 6. The van der Waals surface area contributed by atoms with E-state index in [1.165, 1.54) is 12.3 Å². The van der Waals surface area contributed by atoms with Crippen molar-refractivity contribution in [3.05, 3.63) is 46.3 Å². The zero-order chi connectivity index (χ0) is 20.0. The lowest BCUT2D eigenvalue weighted by Gasteiger charge is -2.14. The number of sulfonamides is 1. The van der Waals surface area contributed by atoms with Crippen LogP contribution in [0.15, 0.2) is 39.8 Å². The van der Waals surface area contributed by atoms with Crippen LogP contribution in [0.1, 0.15) is 12.0 Å². The number of anilines is 1. The number of rotatable bonds is 8.